The third kappa shape index (κ3) is 4.88. The highest BCUT2D eigenvalue weighted by molar-refractivity contribution is 6.58. The summed E-state index contributed by atoms with van der Waals surface area (Å²) in [5.41, 5.74) is 1.07. The zero-order valence-corrected chi connectivity index (χ0v) is 27.1. The van der Waals surface area contributed by atoms with Gasteiger partial charge in [-0.3, -0.25) is 24.1 Å². The highest BCUT2D eigenvalue weighted by atomic mass is 16.5. The SMILES string of the molecule is COc1cc(C=C[C@H]2C3=CC[C@@H]4C(=O)N(c5cccc(B(O)O)c5)C(=O)[C@@H]4[C@@H]3C[C@H]3C(=O)N(c4ccccc4)C(=O)[C@@]23C)cc(OC)c1O. The molecule has 4 aliphatic rings. The minimum Gasteiger partial charge on any atom is -0.502 e. The van der Waals surface area contributed by atoms with Crippen LogP contribution in [0.1, 0.15) is 25.3 Å². The number of hydrogen-bond donors (Lipinski definition) is 3. The van der Waals surface area contributed by atoms with E-state index in [-0.39, 0.29) is 53.1 Å². The number of phenols is 1. The number of para-hydroxylation sites is 1. The summed E-state index contributed by atoms with van der Waals surface area (Å²) in [5.74, 6) is -4.68. The zero-order valence-electron chi connectivity index (χ0n) is 27.1. The van der Waals surface area contributed by atoms with Crippen LogP contribution in [0.3, 0.4) is 0 Å². The van der Waals surface area contributed by atoms with Crippen LogP contribution in [0.25, 0.3) is 6.08 Å². The van der Waals surface area contributed by atoms with E-state index >= 15 is 0 Å². The van der Waals surface area contributed by atoms with Crippen molar-refractivity contribution < 1.29 is 43.8 Å². The lowest BCUT2D eigenvalue weighted by Gasteiger charge is -2.47. The third-order valence-corrected chi connectivity index (χ3v) is 10.8. The number of phenolic OH excluding ortho intramolecular Hbond substituents is 1. The number of carbonyl (C=O) groups is 4. The molecule has 11 nitrogen and oxygen atoms in total. The van der Waals surface area contributed by atoms with Crippen molar-refractivity contribution in [2.75, 3.05) is 24.0 Å². The fourth-order valence-electron chi connectivity index (χ4n) is 8.34. The number of ether oxygens (including phenoxy) is 2. The second kappa shape index (κ2) is 12.0. The van der Waals surface area contributed by atoms with Gasteiger partial charge in [0.2, 0.25) is 29.4 Å². The fourth-order valence-corrected chi connectivity index (χ4v) is 8.34. The molecule has 3 aromatic rings. The van der Waals surface area contributed by atoms with Gasteiger partial charge in [0.25, 0.3) is 0 Å². The summed E-state index contributed by atoms with van der Waals surface area (Å²) in [6, 6.07) is 18.1. The molecule has 2 saturated heterocycles. The van der Waals surface area contributed by atoms with Gasteiger partial charge >= 0.3 is 7.12 Å². The maximum Gasteiger partial charge on any atom is 0.488 e. The van der Waals surface area contributed by atoms with Gasteiger partial charge in [0.05, 0.1) is 48.8 Å². The molecule has 6 atom stereocenters. The van der Waals surface area contributed by atoms with Crippen LogP contribution in [0.15, 0.2) is 84.5 Å². The number of rotatable bonds is 7. The number of aromatic hydroxyl groups is 1. The third-order valence-electron chi connectivity index (χ3n) is 10.8. The van der Waals surface area contributed by atoms with Crippen LogP contribution in [-0.2, 0) is 19.2 Å². The molecule has 3 aromatic carbocycles. The van der Waals surface area contributed by atoms with Crippen molar-refractivity contribution in [1.29, 1.82) is 0 Å². The van der Waals surface area contributed by atoms with E-state index in [1.54, 1.807) is 67.6 Å². The highest BCUT2D eigenvalue weighted by Crippen LogP contribution is 2.61. The van der Waals surface area contributed by atoms with Crippen molar-refractivity contribution >= 4 is 53.7 Å². The first-order valence-electron chi connectivity index (χ1n) is 16.1. The molecule has 0 spiro atoms. The number of amides is 4. The van der Waals surface area contributed by atoms with Gasteiger partial charge in [-0.05, 0) is 73.1 Å². The number of fused-ring (bicyclic) bond motifs is 4. The predicted octanol–water partition coefficient (Wildman–Crippen LogP) is 3.07. The highest BCUT2D eigenvalue weighted by Gasteiger charge is 2.67. The van der Waals surface area contributed by atoms with E-state index in [0.29, 0.717) is 11.3 Å². The van der Waals surface area contributed by atoms with Gasteiger partial charge < -0.3 is 24.6 Å². The number of imide groups is 2. The van der Waals surface area contributed by atoms with Crippen molar-refractivity contribution in [3.63, 3.8) is 0 Å². The average molecular weight is 663 g/mol. The van der Waals surface area contributed by atoms with Crippen LogP contribution in [0.4, 0.5) is 11.4 Å². The second-order valence-corrected chi connectivity index (χ2v) is 13.2. The zero-order chi connectivity index (χ0) is 34.8. The number of nitrogens with zero attached hydrogens (tertiary/aromatic N) is 2. The van der Waals surface area contributed by atoms with Crippen molar-refractivity contribution in [3.8, 4) is 17.2 Å². The molecular weight excluding hydrogens is 627 g/mol. The van der Waals surface area contributed by atoms with Crippen LogP contribution in [0, 0.1) is 35.0 Å². The molecule has 250 valence electrons. The van der Waals surface area contributed by atoms with E-state index in [1.165, 1.54) is 31.3 Å². The van der Waals surface area contributed by atoms with E-state index in [9.17, 15) is 34.3 Å². The molecule has 0 unspecified atom stereocenters. The predicted molar refractivity (Wildman–Crippen MR) is 181 cm³/mol. The normalized spacial score (nSPS) is 27.6. The van der Waals surface area contributed by atoms with Crippen molar-refractivity contribution in [1.82, 2.24) is 0 Å². The molecule has 2 aliphatic carbocycles. The Labute approximate surface area is 283 Å². The minimum absolute atomic E-state index is 0.143. The minimum atomic E-state index is -1.78. The summed E-state index contributed by atoms with van der Waals surface area (Å²) in [7, 11) is 1.07. The summed E-state index contributed by atoms with van der Waals surface area (Å²) < 4.78 is 10.7. The second-order valence-electron chi connectivity index (χ2n) is 13.2. The summed E-state index contributed by atoms with van der Waals surface area (Å²) in [4.78, 5) is 59.2. The Bertz CT molecular complexity index is 1920. The first-order chi connectivity index (χ1) is 23.5. The molecule has 3 fully saturated rings. The Morgan fingerprint density at radius 1 is 0.837 bits per heavy atom. The van der Waals surface area contributed by atoms with E-state index in [1.807, 2.05) is 12.2 Å². The van der Waals surface area contributed by atoms with E-state index in [0.717, 1.165) is 10.5 Å². The van der Waals surface area contributed by atoms with E-state index < -0.39 is 53.9 Å². The van der Waals surface area contributed by atoms with Crippen LogP contribution in [-0.4, -0.2) is 60.1 Å². The Hall–Kier alpha value is -5.20. The number of carbonyl (C=O) groups excluding carboxylic acids is 4. The number of methoxy groups -OCH3 is 2. The molecule has 4 amide bonds. The van der Waals surface area contributed by atoms with Crippen molar-refractivity contribution in [2.24, 2.45) is 35.0 Å². The smallest absolute Gasteiger partial charge is 0.488 e. The van der Waals surface area contributed by atoms with E-state index in [4.69, 9.17) is 9.47 Å². The molecule has 0 aromatic heterocycles. The molecule has 49 heavy (non-hydrogen) atoms. The standard InChI is InChI=1S/C37H35BN2O9/c1-37-27(15-12-20-16-29(48-2)32(41)30(17-20)49-3)24-13-14-25-31(35(44)39(33(25)42)23-11-7-8-21(18-23)38(46)47)26(24)19-28(37)34(43)40(36(37)45)22-9-5-4-6-10-22/h4-13,15-18,25-28,31,41,46-47H,14,19H2,1-3H3/t25-,26+,27-,28-,31-,37-/m0/s1. The Kier molecular flexibility index (Phi) is 7.95. The summed E-state index contributed by atoms with van der Waals surface area (Å²) in [6.07, 6.45) is 6.06. The molecule has 7 rings (SSSR count). The topological polar surface area (TPSA) is 154 Å². The summed E-state index contributed by atoms with van der Waals surface area (Å²) >= 11 is 0. The molecule has 1 saturated carbocycles. The number of allylic oxidation sites excluding steroid dienone is 3. The maximum absolute atomic E-state index is 14.5. The molecule has 0 radical (unpaired) electrons. The Morgan fingerprint density at radius 2 is 1.51 bits per heavy atom. The van der Waals surface area contributed by atoms with E-state index in [2.05, 4.69) is 0 Å². The fraction of sp³-hybridized carbons (Fsp3) is 0.297. The van der Waals surface area contributed by atoms with Crippen LogP contribution in [0.2, 0.25) is 0 Å². The number of hydrogen-bond acceptors (Lipinski definition) is 9. The van der Waals surface area contributed by atoms with Gasteiger partial charge in [-0.1, -0.05) is 54.1 Å². The number of anilines is 2. The lowest BCUT2D eigenvalue weighted by molar-refractivity contribution is -0.132. The van der Waals surface area contributed by atoms with Gasteiger partial charge in [-0.15, -0.1) is 0 Å². The molecule has 0 bridgehead atoms. The van der Waals surface area contributed by atoms with Gasteiger partial charge in [0, 0.05) is 5.92 Å². The van der Waals surface area contributed by atoms with Crippen molar-refractivity contribution in [2.45, 2.75) is 19.8 Å². The van der Waals surface area contributed by atoms with Crippen LogP contribution in [0.5, 0.6) is 17.2 Å². The monoisotopic (exact) mass is 662 g/mol. The van der Waals surface area contributed by atoms with Crippen LogP contribution >= 0.6 is 0 Å². The average Bonchev–Trinajstić information content (AvgIpc) is 3.48. The summed E-state index contributed by atoms with van der Waals surface area (Å²) in [5, 5.41) is 30.0. The molecular formula is C37H35BN2O9. The Morgan fingerprint density at radius 3 is 2.16 bits per heavy atom. The Balaban J connectivity index is 1.33. The van der Waals surface area contributed by atoms with Crippen LogP contribution < -0.4 is 24.7 Å². The first-order valence-corrected chi connectivity index (χ1v) is 16.1. The largest absolute Gasteiger partial charge is 0.502 e. The molecule has 2 aliphatic heterocycles. The number of benzene rings is 3. The van der Waals surface area contributed by atoms with Gasteiger partial charge in [0.15, 0.2) is 11.5 Å². The lowest BCUT2D eigenvalue weighted by Crippen LogP contribution is -2.49. The maximum atomic E-state index is 14.5. The molecule has 3 N–H and O–H groups in total. The lowest BCUT2D eigenvalue weighted by atomic mass is 9.52. The first kappa shape index (κ1) is 32.4. The van der Waals surface area contributed by atoms with Gasteiger partial charge in [-0.25, -0.2) is 4.90 Å². The van der Waals surface area contributed by atoms with Crippen molar-refractivity contribution in [3.05, 3.63) is 90.0 Å². The van der Waals surface area contributed by atoms with Gasteiger partial charge in [0.1, 0.15) is 0 Å². The summed E-state index contributed by atoms with van der Waals surface area (Å²) in [6.45, 7) is 1.80. The quantitative estimate of drug-likeness (QED) is 0.197. The molecule has 12 heteroatoms. The molecule has 2 heterocycles. The van der Waals surface area contributed by atoms with Gasteiger partial charge in [-0.2, -0.15) is 0 Å².